The number of hydrogen-bond acceptors (Lipinski definition) is 4. The van der Waals surface area contributed by atoms with E-state index < -0.39 is 0 Å². The maximum Gasteiger partial charge on any atom is 0.0879 e. The van der Waals surface area contributed by atoms with Gasteiger partial charge in [-0.05, 0) is 55.3 Å². The second-order valence-corrected chi connectivity index (χ2v) is 7.16. The van der Waals surface area contributed by atoms with Gasteiger partial charge in [-0.15, -0.1) is 0 Å². The zero-order chi connectivity index (χ0) is 18.5. The fraction of sp³-hybridized carbons (Fsp3) is 0.190. The van der Waals surface area contributed by atoms with Crippen LogP contribution in [-0.2, 0) is 0 Å². The van der Waals surface area contributed by atoms with Crippen molar-refractivity contribution in [2.75, 3.05) is 0 Å². The lowest BCUT2D eigenvalue weighted by molar-refractivity contribution is 0.317. The number of aryl methyl sites for hydroxylation is 2. The van der Waals surface area contributed by atoms with Crippen LogP contribution >= 0.6 is 15.9 Å². The van der Waals surface area contributed by atoms with Crippen LogP contribution in [-0.4, -0.2) is 20.9 Å². The van der Waals surface area contributed by atoms with Crippen molar-refractivity contribution in [2.24, 2.45) is 5.16 Å². The van der Waals surface area contributed by atoms with E-state index in [-0.39, 0.29) is 5.92 Å². The molecule has 0 aliphatic rings. The maximum atomic E-state index is 9.67. The summed E-state index contributed by atoms with van der Waals surface area (Å²) in [4.78, 5) is 8.84. The summed E-state index contributed by atoms with van der Waals surface area (Å²) in [5, 5.41) is 13.3. The third-order valence-corrected chi connectivity index (χ3v) is 4.93. The molecule has 0 aliphatic heterocycles. The molecule has 5 heteroatoms. The topological polar surface area (TPSA) is 58.4 Å². The van der Waals surface area contributed by atoms with E-state index in [0.29, 0.717) is 12.1 Å². The minimum Gasteiger partial charge on any atom is -0.411 e. The van der Waals surface area contributed by atoms with Gasteiger partial charge in [-0.1, -0.05) is 39.3 Å². The molecule has 2 heterocycles. The van der Waals surface area contributed by atoms with Crippen molar-refractivity contribution in [3.05, 3.63) is 93.5 Å². The molecule has 26 heavy (non-hydrogen) atoms. The van der Waals surface area contributed by atoms with Gasteiger partial charge in [0.15, 0.2) is 0 Å². The Hall–Kier alpha value is -2.53. The fourth-order valence-corrected chi connectivity index (χ4v) is 3.33. The van der Waals surface area contributed by atoms with Crippen LogP contribution in [0.25, 0.3) is 0 Å². The molecule has 3 rings (SSSR count). The van der Waals surface area contributed by atoms with Crippen molar-refractivity contribution < 1.29 is 5.21 Å². The van der Waals surface area contributed by atoms with E-state index in [1.165, 1.54) is 0 Å². The van der Waals surface area contributed by atoms with Gasteiger partial charge in [-0.25, -0.2) is 0 Å². The molecule has 0 aliphatic carbocycles. The minimum absolute atomic E-state index is 0.0105. The minimum atomic E-state index is -0.0105. The van der Waals surface area contributed by atoms with Gasteiger partial charge < -0.3 is 5.21 Å². The van der Waals surface area contributed by atoms with Gasteiger partial charge in [-0.2, -0.15) is 0 Å². The number of halogens is 1. The first kappa shape index (κ1) is 18.3. The Morgan fingerprint density at radius 3 is 2.50 bits per heavy atom. The lowest BCUT2D eigenvalue weighted by Crippen LogP contribution is -2.13. The van der Waals surface area contributed by atoms with Crippen molar-refractivity contribution in [3.8, 4) is 0 Å². The molecule has 0 fully saturated rings. The van der Waals surface area contributed by atoms with Gasteiger partial charge in [0.25, 0.3) is 0 Å². The second kappa shape index (κ2) is 8.23. The molecule has 1 N–H and O–H groups in total. The first-order chi connectivity index (χ1) is 12.6. The number of aromatic nitrogens is 2. The molecular formula is C21H20BrN3O. The molecule has 1 atom stereocenters. The number of pyridine rings is 2. The van der Waals surface area contributed by atoms with Crippen molar-refractivity contribution >= 4 is 21.6 Å². The predicted octanol–water partition coefficient (Wildman–Crippen LogP) is 5.26. The van der Waals surface area contributed by atoms with Crippen molar-refractivity contribution in [1.29, 1.82) is 0 Å². The van der Waals surface area contributed by atoms with E-state index in [1.807, 2.05) is 37.3 Å². The zero-order valence-electron chi connectivity index (χ0n) is 14.7. The molecular weight excluding hydrogens is 390 g/mol. The summed E-state index contributed by atoms with van der Waals surface area (Å²) in [5.41, 5.74) is 5.61. The molecule has 0 bridgehead atoms. The highest BCUT2D eigenvalue weighted by Gasteiger charge is 2.21. The highest BCUT2D eigenvalue weighted by atomic mass is 79.9. The second-order valence-electron chi connectivity index (χ2n) is 6.25. The molecule has 0 amide bonds. The van der Waals surface area contributed by atoms with E-state index in [4.69, 9.17) is 0 Å². The Morgan fingerprint density at radius 2 is 1.85 bits per heavy atom. The first-order valence-corrected chi connectivity index (χ1v) is 9.18. The van der Waals surface area contributed by atoms with Crippen LogP contribution < -0.4 is 0 Å². The lowest BCUT2D eigenvalue weighted by atomic mass is 9.86. The number of oxime groups is 1. The van der Waals surface area contributed by atoms with Crippen molar-refractivity contribution in [2.45, 2.75) is 26.2 Å². The van der Waals surface area contributed by atoms with Gasteiger partial charge in [-0.3, -0.25) is 9.97 Å². The standard InChI is InChI=1S/C21H20BrN3O/c1-14-4-3-10-24-21(14)19(16-5-7-18(22)8-6-16)13-20(25-26)17-9-11-23-15(2)12-17/h3-12,19,26H,13H2,1-2H3. The number of benzene rings is 1. The van der Waals surface area contributed by atoms with Gasteiger partial charge in [0.2, 0.25) is 0 Å². The van der Waals surface area contributed by atoms with Crippen LogP contribution in [0, 0.1) is 13.8 Å². The molecule has 1 unspecified atom stereocenters. The third kappa shape index (κ3) is 4.17. The van der Waals surface area contributed by atoms with E-state index in [9.17, 15) is 5.21 Å². The number of hydrogen-bond donors (Lipinski definition) is 1. The molecule has 0 saturated carbocycles. The first-order valence-electron chi connectivity index (χ1n) is 8.39. The average Bonchev–Trinajstić information content (AvgIpc) is 2.65. The predicted molar refractivity (Wildman–Crippen MR) is 107 cm³/mol. The van der Waals surface area contributed by atoms with Crippen molar-refractivity contribution in [1.82, 2.24) is 9.97 Å². The molecule has 0 spiro atoms. The van der Waals surface area contributed by atoms with E-state index in [2.05, 4.69) is 56.2 Å². The largest absolute Gasteiger partial charge is 0.411 e. The van der Waals surface area contributed by atoms with Crippen LogP contribution in [0.2, 0.25) is 0 Å². The smallest absolute Gasteiger partial charge is 0.0879 e. The quantitative estimate of drug-likeness (QED) is 0.355. The summed E-state index contributed by atoms with van der Waals surface area (Å²) in [6.07, 6.45) is 4.08. The average molecular weight is 410 g/mol. The van der Waals surface area contributed by atoms with Gasteiger partial charge >= 0.3 is 0 Å². The van der Waals surface area contributed by atoms with Gasteiger partial charge in [0.05, 0.1) is 11.4 Å². The van der Waals surface area contributed by atoms with Crippen LogP contribution in [0.3, 0.4) is 0 Å². The summed E-state index contributed by atoms with van der Waals surface area (Å²) in [7, 11) is 0. The Bertz CT molecular complexity index is 923. The Labute approximate surface area is 161 Å². The fourth-order valence-electron chi connectivity index (χ4n) is 3.07. The third-order valence-electron chi connectivity index (χ3n) is 4.40. The van der Waals surface area contributed by atoms with Crippen LogP contribution in [0.4, 0.5) is 0 Å². The molecule has 4 nitrogen and oxygen atoms in total. The molecule has 132 valence electrons. The number of nitrogens with zero attached hydrogens (tertiary/aromatic N) is 3. The molecule has 1 aromatic carbocycles. The highest BCUT2D eigenvalue weighted by Crippen LogP contribution is 2.31. The summed E-state index contributed by atoms with van der Waals surface area (Å²) in [6.45, 7) is 3.98. The van der Waals surface area contributed by atoms with Crippen LogP contribution in [0.1, 0.15) is 40.4 Å². The highest BCUT2D eigenvalue weighted by molar-refractivity contribution is 9.10. The SMILES string of the molecule is Cc1cc(C(CC(c2ccc(Br)cc2)c2ncccc2C)=NO)ccn1. The normalized spacial score (nSPS) is 12.8. The zero-order valence-corrected chi connectivity index (χ0v) is 16.3. The summed E-state index contributed by atoms with van der Waals surface area (Å²) in [5.74, 6) is -0.0105. The van der Waals surface area contributed by atoms with Crippen LogP contribution in [0.15, 0.2) is 70.6 Å². The lowest BCUT2D eigenvalue weighted by Gasteiger charge is -2.20. The Morgan fingerprint density at radius 1 is 1.08 bits per heavy atom. The molecule has 0 saturated heterocycles. The van der Waals surface area contributed by atoms with Crippen LogP contribution in [0.5, 0.6) is 0 Å². The van der Waals surface area contributed by atoms with Gasteiger partial charge in [0, 0.05) is 40.5 Å². The Kier molecular flexibility index (Phi) is 5.78. The Balaban J connectivity index is 2.03. The summed E-state index contributed by atoms with van der Waals surface area (Å²) >= 11 is 3.49. The van der Waals surface area contributed by atoms with E-state index >= 15 is 0 Å². The van der Waals surface area contributed by atoms with E-state index in [0.717, 1.165) is 32.6 Å². The van der Waals surface area contributed by atoms with E-state index in [1.54, 1.807) is 12.4 Å². The van der Waals surface area contributed by atoms with Gasteiger partial charge in [0.1, 0.15) is 0 Å². The maximum absolute atomic E-state index is 9.67. The molecule has 2 aromatic heterocycles. The van der Waals surface area contributed by atoms with Crippen molar-refractivity contribution in [3.63, 3.8) is 0 Å². The summed E-state index contributed by atoms with van der Waals surface area (Å²) < 4.78 is 1.03. The molecule has 3 aromatic rings. The summed E-state index contributed by atoms with van der Waals surface area (Å²) in [6, 6.07) is 16.0. The molecule has 0 radical (unpaired) electrons. The number of rotatable bonds is 5. The monoisotopic (exact) mass is 409 g/mol.